The van der Waals surface area contributed by atoms with Crippen molar-refractivity contribution in [2.75, 3.05) is 0 Å². The molecule has 0 radical (unpaired) electrons. The predicted molar refractivity (Wildman–Crippen MR) is 68.7 cm³/mol. The molecular weight excluding hydrogens is 214 g/mol. The Morgan fingerprint density at radius 2 is 2.24 bits per heavy atom. The lowest BCUT2D eigenvalue weighted by atomic mass is 10.0. The van der Waals surface area contributed by atoms with Gasteiger partial charge in [-0.05, 0) is 12.8 Å². The zero-order valence-corrected chi connectivity index (χ0v) is 10.9. The normalized spacial score (nSPS) is 12.6. The maximum absolute atomic E-state index is 11.8. The molecule has 0 bridgehead atoms. The molecule has 4 nitrogen and oxygen atoms in total. The van der Waals surface area contributed by atoms with Crippen LogP contribution in [-0.4, -0.2) is 21.4 Å². The summed E-state index contributed by atoms with van der Waals surface area (Å²) in [7, 11) is 0. The van der Waals surface area contributed by atoms with Gasteiger partial charge in [0, 0.05) is 31.4 Å². The number of nitrogens with two attached hydrogens (primary N) is 1. The van der Waals surface area contributed by atoms with E-state index in [4.69, 9.17) is 5.73 Å². The van der Waals surface area contributed by atoms with Gasteiger partial charge in [-0.25, -0.2) is 4.98 Å². The molecule has 1 aromatic rings. The first-order valence-electron chi connectivity index (χ1n) is 6.44. The number of hydrogen-bond acceptors (Lipinski definition) is 3. The van der Waals surface area contributed by atoms with Crippen LogP contribution in [0.1, 0.15) is 45.4 Å². The van der Waals surface area contributed by atoms with Gasteiger partial charge in [-0.3, -0.25) is 4.79 Å². The summed E-state index contributed by atoms with van der Waals surface area (Å²) in [4.78, 5) is 16.0. The maximum atomic E-state index is 11.8. The molecule has 1 heterocycles. The third kappa shape index (κ3) is 4.69. The molecule has 0 aliphatic carbocycles. The summed E-state index contributed by atoms with van der Waals surface area (Å²) in [6, 6.07) is 0.00193. The van der Waals surface area contributed by atoms with Crippen LogP contribution in [-0.2, 0) is 17.8 Å². The minimum atomic E-state index is 0.00193. The smallest absolute Gasteiger partial charge is 0.141 e. The molecule has 0 amide bonds. The summed E-state index contributed by atoms with van der Waals surface area (Å²) >= 11 is 0. The van der Waals surface area contributed by atoms with E-state index in [1.165, 1.54) is 0 Å². The van der Waals surface area contributed by atoms with E-state index in [0.29, 0.717) is 12.8 Å². The molecule has 1 atom stereocenters. The Bertz CT molecular complexity index is 346. The highest BCUT2D eigenvalue weighted by Crippen LogP contribution is 2.05. The molecule has 0 aliphatic heterocycles. The van der Waals surface area contributed by atoms with E-state index in [9.17, 15) is 4.79 Å². The SMILES string of the molecule is CCCC(N)CC(=O)Cc1nccn1CCC. The van der Waals surface area contributed by atoms with Crippen LogP contribution in [0.15, 0.2) is 12.4 Å². The Morgan fingerprint density at radius 1 is 1.47 bits per heavy atom. The fourth-order valence-corrected chi connectivity index (χ4v) is 1.97. The molecule has 0 saturated heterocycles. The van der Waals surface area contributed by atoms with Gasteiger partial charge in [-0.2, -0.15) is 0 Å². The van der Waals surface area contributed by atoms with Gasteiger partial charge in [0.05, 0.1) is 6.42 Å². The monoisotopic (exact) mass is 237 g/mol. The Hall–Kier alpha value is -1.16. The summed E-state index contributed by atoms with van der Waals surface area (Å²) in [5, 5.41) is 0. The van der Waals surface area contributed by atoms with Crippen molar-refractivity contribution in [1.82, 2.24) is 9.55 Å². The lowest BCUT2D eigenvalue weighted by molar-refractivity contribution is -0.118. The topological polar surface area (TPSA) is 60.9 Å². The van der Waals surface area contributed by atoms with Crippen LogP contribution in [0.3, 0.4) is 0 Å². The Labute approximate surface area is 103 Å². The minimum Gasteiger partial charge on any atom is -0.335 e. The van der Waals surface area contributed by atoms with Gasteiger partial charge in [0.2, 0.25) is 0 Å². The summed E-state index contributed by atoms with van der Waals surface area (Å²) in [5.41, 5.74) is 5.86. The maximum Gasteiger partial charge on any atom is 0.141 e. The van der Waals surface area contributed by atoms with Crippen LogP contribution in [0.4, 0.5) is 0 Å². The number of hydrogen-bond donors (Lipinski definition) is 1. The van der Waals surface area contributed by atoms with E-state index in [0.717, 1.165) is 31.6 Å². The van der Waals surface area contributed by atoms with Crippen LogP contribution in [0.5, 0.6) is 0 Å². The van der Waals surface area contributed by atoms with Gasteiger partial charge in [-0.1, -0.05) is 20.3 Å². The highest BCUT2D eigenvalue weighted by atomic mass is 16.1. The number of imidazole rings is 1. The fourth-order valence-electron chi connectivity index (χ4n) is 1.97. The van der Waals surface area contributed by atoms with Crippen molar-refractivity contribution in [2.45, 2.75) is 58.5 Å². The lowest BCUT2D eigenvalue weighted by Gasteiger charge is -2.09. The number of aromatic nitrogens is 2. The van der Waals surface area contributed by atoms with Gasteiger partial charge < -0.3 is 10.3 Å². The summed E-state index contributed by atoms with van der Waals surface area (Å²) in [6.45, 7) is 5.12. The molecule has 96 valence electrons. The number of carbonyl (C=O) groups excluding carboxylic acids is 1. The summed E-state index contributed by atoms with van der Waals surface area (Å²) in [5.74, 6) is 1.05. The van der Waals surface area contributed by atoms with E-state index < -0.39 is 0 Å². The van der Waals surface area contributed by atoms with Crippen molar-refractivity contribution in [3.63, 3.8) is 0 Å². The van der Waals surface area contributed by atoms with Gasteiger partial charge >= 0.3 is 0 Å². The van der Waals surface area contributed by atoms with E-state index in [1.807, 2.05) is 10.8 Å². The number of carbonyl (C=O) groups is 1. The molecule has 2 N–H and O–H groups in total. The minimum absolute atomic E-state index is 0.00193. The molecule has 1 unspecified atom stereocenters. The molecule has 0 aliphatic rings. The largest absolute Gasteiger partial charge is 0.335 e. The van der Waals surface area contributed by atoms with Crippen molar-refractivity contribution in [2.24, 2.45) is 5.73 Å². The molecule has 1 rings (SSSR count). The Kier molecular flexibility index (Phi) is 5.91. The second-order valence-corrected chi connectivity index (χ2v) is 4.51. The number of aryl methyl sites for hydroxylation is 1. The first-order valence-corrected chi connectivity index (χ1v) is 6.44. The lowest BCUT2D eigenvalue weighted by Crippen LogP contribution is -2.24. The van der Waals surface area contributed by atoms with Crippen molar-refractivity contribution in [3.05, 3.63) is 18.2 Å². The number of nitrogens with zero attached hydrogens (tertiary/aromatic N) is 2. The average Bonchev–Trinajstić information content (AvgIpc) is 2.66. The van der Waals surface area contributed by atoms with Crippen LogP contribution in [0.25, 0.3) is 0 Å². The molecule has 0 aromatic carbocycles. The van der Waals surface area contributed by atoms with Gasteiger partial charge in [0.1, 0.15) is 11.6 Å². The highest BCUT2D eigenvalue weighted by Gasteiger charge is 2.12. The van der Waals surface area contributed by atoms with Crippen LogP contribution in [0, 0.1) is 0 Å². The number of ketones is 1. The highest BCUT2D eigenvalue weighted by molar-refractivity contribution is 5.80. The van der Waals surface area contributed by atoms with E-state index >= 15 is 0 Å². The molecule has 0 fully saturated rings. The Balaban J connectivity index is 2.47. The van der Waals surface area contributed by atoms with Crippen LogP contribution in [0.2, 0.25) is 0 Å². The van der Waals surface area contributed by atoms with E-state index in [-0.39, 0.29) is 11.8 Å². The van der Waals surface area contributed by atoms with Crippen LogP contribution >= 0.6 is 0 Å². The van der Waals surface area contributed by atoms with E-state index in [2.05, 4.69) is 18.8 Å². The van der Waals surface area contributed by atoms with Gasteiger partial charge in [-0.15, -0.1) is 0 Å². The fraction of sp³-hybridized carbons (Fsp3) is 0.692. The third-order valence-corrected chi connectivity index (χ3v) is 2.77. The molecule has 0 spiro atoms. The molecule has 4 heteroatoms. The number of Topliss-reactive ketones (excluding diaryl/α,β-unsaturated/α-hetero) is 1. The summed E-state index contributed by atoms with van der Waals surface area (Å²) < 4.78 is 2.04. The molecule has 0 saturated carbocycles. The van der Waals surface area contributed by atoms with Crippen molar-refractivity contribution >= 4 is 5.78 Å². The average molecular weight is 237 g/mol. The van der Waals surface area contributed by atoms with Crippen molar-refractivity contribution in [3.8, 4) is 0 Å². The standard InChI is InChI=1S/C13H23N3O/c1-3-5-11(14)9-12(17)10-13-15-6-8-16(13)7-4-2/h6,8,11H,3-5,7,9-10,14H2,1-2H3. The molecular formula is C13H23N3O. The zero-order chi connectivity index (χ0) is 12.7. The van der Waals surface area contributed by atoms with Crippen LogP contribution < -0.4 is 5.73 Å². The quantitative estimate of drug-likeness (QED) is 0.751. The van der Waals surface area contributed by atoms with Crippen molar-refractivity contribution < 1.29 is 4.79 Å². The van der Waals surface area contributed by atoms with Gasteiger partial charge in [0.15, 0.2) is 0 Å². The van der Waals surface area contributed by atoms with Gasteiger partial charge in [0.25, 0.3) is 0 Å². The Morgan fingerprint density at radius 3 is 2.88 bits per heavy atom. The first-order chi connectivity index (χ1) is 8.17. The number of rotatable bonds is 8. The molecule has 1 aromatic heterocycles. The first kappa shape index (κ1) is 13.9. The van der Waals surface area contributed by atoms with E-state index in [1.54, 1.807) is 6.20 Å². The second kappa shape index (κ2) is 7.22. The third-order valence-electron chi connectivity index (χ3n) is 2.77. The predicted octanol–water partition coefficient (Wildman–Crippen LogP) is 1.92. The summed E-state index contributed by atoms with van der Waals surface area (Å²) in [6.07, 6.45) is 7.54. The molecule has 17 heavy (non-hydrogen) atoms. The second-order valence-electron chi connectivity index (χ2n) is 4.51. The van der Waals surface area contributed by atoms with Crippen molar-refractivity contribution in [1.29, 1.82) is 0 Å². The zero-order valence-electron chi connectivity index (χ0n) is 10.9.